The van der Waals surface area contributed by atoms with Crippen molar-refractivity contribution in [3.8, 4) is 5.75 Å². The summed E-state index contributed by atoms with van der Waals surface area (Å²) in [6.45, 7) is 4.86. The number of nitrogens with zero attached hydrogens (tertiary/aromatic N) is 4. The number of hydrogen-bond donors (Lipinski definition) is 1. The molecule has 0 aliphatic heterocycles. The summed E-state index contributed by atoms with van der Waals surface area (Å²) in [5.74, 6) is 1.80. The number of pyridine rings is 1. The Kier molecular flexibility index (Phi) is 7.51. The van der Waals surface area contributed by atoms with Gasteiger partial charge in [-0.2, -0.15) is 0 Å². The number of aryl methyl sites for hydroxylation is 1. The Bertz CT molecular complexity index is 997. The minimum absolute atomic E-state index is 0.167. The summed E-state index contributed by atoms with van der Waals surface area (Å²) in [5.41, 5.74) is 1.06. The van der Waals surface area contributed by atoms with Crippen LogP contribution in [-0.2, 0) is 17.9 Å². The van der Waals surface area contributed by atoms with Gasteiger partial charge in [-0.15, -0.1) is 10.2 Å². The topological polar surface area (TPSA) is 81.9 Å². The maximum atomic E-state index is 12.2. The highest BCUT2D eigenvalue weighted by Crippen LogP contribution is 2.26. The second-order valence-electron chi connectivity index (χ2n) is 6.06. The molecular formula is C19H19BrClN5O2S. The van der Waals surface area contributed by atoms with E-state index < -0.39 is 0 Å². The van der Waals surface area contributed by atoms with Crippen molar-refractivity contribution in [2.75, 3.05) is 11.1 Å². The smallest absolute Gasteiger partial charge is 0.236 e. The molecule has 0 aliphatic rings. The first-order valence-electron chi connectivity index (χ1n) is 8.81. The second-order valence-corrected chi connectivity index (χ2v) is 8.33. The normalized spacial score (nSPS) is 10.8. The summed E-state index contributed by atoms with van der Waals surface area (Å²) in [6.07, 6.45) is 1.63. The van der Waals surface area contributed by atoms with Crippen molar-refractivity contribution in [2.45, 2.75) is 32.2 Å². The average Bonchev–Trinajstić information content (AvgIpc) is 3.10. The van der Waals surface area contributed by atoms with Crippen LogP contribution >= 0.6 is 39.3 Å². The first-order chi connectivity index (χ1) is 14.0. The molecular weight excluding hydrogens is 478 g/mol. The number of hydrogen-bond acceptors (Lipinski definition) is 6. The third-order valence-corrected chi connectivity index (χ3v) is 5.63. The fraction of sp³-hybridized carbons (Fsp3) is 0.263. The van der Waals surface area contributed by atoms with Gasteiger partial charge in [0.15, 0.2) is 11.0 Å². The van der Waals surface area contributed by atoms with Gasteiger partial charge in [-0.3, -0.25) is 4.79 Å². The maximum absolute atomic E-state index is 12.2. The van der Waals surface area contributed by atoms with Crippen molar-refractivity contribution in [1.29, 1.82) is 0 Å². The molecule has 0 fully saturated rings. The minimum atomic E-state index is -0.167. The third-order valence-electron chi connectivity index (χ3n) is 3.88. The van der Waals surface area contributed by atoms with Crippen LogP contribution in [-0.4, -0.2) is 31.4 Å². The summed E-state index contributed by atoms with van der Waals surface area (Å²) in [7, 11) is 0. The number of thioether (sulfide) groups is 1. The highest BCUT2D eigenvalue weighted by atomic mass is 79.9. The highest BCUT2D eigenvalue weighted by molar-refractivity contribution is 9.10. The lowest BCUT2D eigenvalue weighted by atomic mass is 10.2. The summed E-state index contributed by atoms with van der Waals surface area (Å²) in [5, 5.41) is 12.3. The molecule has 7 nitrogen and oxygen atoms in total. The van der Waals surface area contributed by atoms with E-state index in [0.29, 0.717) is 34.1 Å². The Morgan fingerprint density at radius 2 is 2.14 bits per heavy atom. The van der Waals surface area contributed by atoms with E-state index >= 15 is 0 Å². The molecule has 3 aromatic rings. The number of carbonyl (C=O) groups excluding carboxylic acids is 1. The van der Waals surface area contributed by atoms with Gasteiger partial charge in [-0.25, -0.2) is 4.98 Å². The largest absolute Gasteiger partial charge is 0.484 e. The Morgan fingerprint density at radius 1 is 1.31 bits per heavy atom. The second kappa shape index (κ2) is 10.1. The molecule has 1 N–H and O–H groups in total. The van der Waals surface area contributed by atoms with Crippen molar-refractivity contribution in [3.63, 3.8) is 0 Å². The fourth-order valence-corrected chi connectivity index (χ4v) is 3.70. The number of rotatable bonds is 8. The average molecular weight is 497 g/mol. The molecule has 152 valence electrons. The minimum Gasteiger partial charge on any atom is -0.484 e. The van der Waals surface area contributed by atoms with E-state index in [1.807, 2.05) is 36.6 Å². The van der Waals surface area contributed by atoms with Crippen LogP contribution in [0.5, 0.6) is 5.75 Å². The Balaban J connectivity index is 1.59. The van der Waals surface area contributed by atoms with Crippen LogP contribution in [0.1, 0.15) is 18.3 Å². The molecule has 1 amide bonds. The van der Waals surface area contributed by atoms with Crippen LogP contribution in [0.3, 0.4) is 0 Å². The lowest BCUT2D eigenvalue weighted by molar-refractivity contribution is -0.113. The van der Waals surface area contributed by atoms with E-state index in [1.165, 1.54) is 11.8 Å². The zero-order valence-electron chi connectivity index (χ0n) is 15.9. The number of carbonyl (C=O) groups is 1. The van der Waals surface area contributed by atoms with Gasteiger partial charge in [0.2, 0.25) is 5.91 Å². The van der Waals surface area contributed by atoms with Gasteiger partial charge in [0.05, 0.1) is 10.8 Å². The Morgan fingerprint density at radius 3 is 2.86 bits per heavy atom. The molecule has 0 unspecified atom stereocenters. The van der Waals surface area contributed by atoms with E-state index in [1.54, 1.807) is 18.3 Å². The van der Waals surface area contributed by atoms with Gasteiger partial charge in [0.1, 0.15) is 18.2 Å². The lowest BCUT2D eigenvalue weighted by Crippen LogP contribution is -2.15. The standard InChI is InChI=1S/C19H19BrClN5O2S/c1-3-26-17(10-28-15-8-12(2)4-6-14(15)21)24-25-19(26)29-11-18(27)23-16-7-5-13(20)9-22-16/h4-9H,3,10-11H2,1-2H3,(H,22,23,27). The Labute approximate surface area is 186 Å². The summed E-state index contributed by atoms with van der Waals surface area (Å²) in [6, 6.07) is 9.15. The predicted octanol–water partition coefficient (Wildman–Crippen LogP) is 4.73. The van der Waals surface area contributed by atoms with Crippen molar-refractivity contribution in [3.05, 3.63) is 57.4 Å². The SMILES string of the molecule is CCn1c(COc2cc(C)ccc2Cl)nnc1SCC(=O)Nc1ccc(Br)cn1. The van der Waals surface area contributed by atoms with Crippen molar-refractivity contribution in [2.24, 2.45) is 0 Å². The van der Waals surface area contributed by atoms with Crippen LogP contribution in [0.15, 0.2) is 46.2 Å². The lowest BCUT2D eigenvalue weighted by Gasteiger charge is -2.10. The third kappa shape index (κ3) is 5.94. The molecule has 1 aromatic carbocycles. The first kappa shape index (κ1) is 21.6. The van der Waals surface area contributed by atoms with Gasteiger partial charge in [0, 0.05) is 17.2 Å². The fourth-order valence-electron chi connectivity index (χ4n) is 2.47. The van der Waals surface area contributed by atoms with Crippen molar-refractivity contribution < 1.29 is 9.53 Å². The molecule has 0 spiro atoms. The van der Waals surface area contributed by atoms with E-state index in [-0.39, 0.29) is 18.3 Å². The van der Waals surface area contributed by atoms with Gasteiger partial charge >= 0.3 is 0 Å². The number of amides is 1. The van der Waals surface area contributed by atoms with Gasteiger partial charge < -0.3 is 14.6 Å². The number of anilines is 1. The molecule has 29 heavy (non-hydrogen) atoms. The monoisotopic (exact) mass is 495 g/mol. The molecule has 0 radical (unpaired) electrons. The molecule has 0 bridgehead atoms. The van der Waals surface area contributed by atoms with Crippen LogP contribution in [0.4, 0.5) is 5.82 Å². The van der Waals surface area contributed by atoms with Crippen LogP contribution in [0.25, 0.3) is 0 Å². The molecule has 0 atom stereocenters. The van der Waals surface area contributed by atoms with Gasteiger partial charge in [-0.05, 0) is 59.6 Å². The van der Waals surface area contributed by atoms with Gasteiger partial charge in [-0.1, -0.05) is 29.4 Å². The molecule has 2 aromatic heterocycles. The van der Waals surface area contributed by atoms with Crippen LogP contribution in [0, 0.1) is 6.92 Å². The van der Waals surface area contributed by atoms with Crippen molar-refractivity contribution in [1.82, 2.24) is 19.7 Å². The molecule has 2 heterocycles. The number of aromatic nitrogens is 4. The summed E-state index contributed by atoms with van der Waals surface area (Å²) < 4.78 is 8.58. The number of halogens is 2. The molecule has 10 heteroatoms. The Hall–Kier alpha value is -2.10. The highest BCUT2D eigenvalue weighted by Gasteiger charge is 2.14. The number of nitrogens with one attached hydrogen (secondary N) is 1. The van der Waals surface area contributed by atoms with Crippen LogP contribution < -0.4 is 10.1 Å². The summed E-state index contributed by atoms with van der Waals surface area (Å²) in [4.78, 5) is 16.3. The van der Waals surface area contributed by atoms with E-state index in [0.717, 1.165) is 10.0 Å². The molecule has 0 saturated carbocycles. The maximum Gasteiger partial charge on any atom is 0.236 e. The molecule has 0 saturated heterocycles. The zero-order chi connectivity index (χ0) is 20.8. The van der Waals surface area contributed by atoms with E-state index in [2.05, 4.69) is 36.4 Å². The number of ether oxygens (including phenoxy) is 1. The predicted molar refractivity (Wildman–Crippen MR) is 118 cm³/mol. The molecule has 3 rings (SSSR count). The van der Waals surface area contributed by atoms with E-state index in [4.69, 9.17) is 16.3 Å². The van der Waals surface area contributed by atoms with Crippen molar-refractivity contribution >= 4 is 51.0 Å². The van der Waals surface area contributed by atoms with Crippen LogP contribution in [0.2, 0.25) is 5.02 Å². The summed E-state index contributed by atoms with van der Waals surface area (Å²) >= 11 is 10.8. The zero-order valence-corrected chi connectivity index (χ0v) is 19.0. The number of benzene rings is 1. The quantitative estimate of drug-likeness (QED) is 0.454. The molecule has 0 aliphatic carbocycles. The van der Waals surface area contributed by atoms with Gasteiger partial charge in [0.25, 0.3) is 0 Å². The van der Waals surface area contributed by atoms with E-state index in [9.17, 15) is 4.79 Å². The first-order valence-corrected chi connectivity index (χ1v) is 11.0.